The molecule has 1 aromatic carbocycles. The maximum absolute atomic E-state index is 12.6. The molecule has 106 valence electrons. The van der Waals surface area contributed by atoms with E-state index in [4.69, 9.17) is 4.74 Å². The SMILES string of the molecule is CCCOc1ccccc1C(=O)c1cc(CC)nn1C. The minimum absolute atomic E-state index is 0.0496. The Bertz CT molecular complexity index is 602. The number of carbonyl (C=O) groups is 1. The molecule has 0 spiro atoms. The fourth-order valence-electron chi connectivity index (χ4n) is 2.04. The maximum atomic E-state index is 12.6. The number of aryl methyl sites for hydroxylation is 2. The fourth-order valence-corrected chi connectivity index (χ4v) is 2.04. The van der Waals surface area contributed by atoms with Gasteiger partial charge in [0.05, 0.1) is 17.9 Å². The second-order valence-electron chi connectivity index (χ2n) is 4.67. The molecule has 4 nitrogen and oxygen atoms in total. The quantitative estimate of drug-likeness (QED) is 0.759. The van der Waals surface area contributed by atoms with E-state index in [1.165, 1.54) is 0 Å². The average molecular weight is 272 g/mol. The summed E-state index contributed by atoms with van der Waals surface area (Å²) in [6.45, 7) is 4.67. The zero-order valence-electron chi connectivity index (χ0n) is 12.2. The predicted octanol–water partition coefficient (Wildman–Crippen LogP) is 3.00. The van der Waals surface area contributed by atoms with Crippen LogP contribution in [0.15, 0.2) is 30.3 Å². The summed E-state index contributed by atoms with van der Waals surface area (Å²) in [5, 5.41) is 4.32. The Morgan fingerprint density at radius 2 is 2.05 bits per heavy atom. The van der Waals surface area contributed by atoms with Gasteiger partial charge in [-0.25, -0.2) is 0 Å². The lowest BCUT2D eigenvalue weighted by Gasteiger charge is -2.09. The molecular formula is C16H20N2O2. The van der Waals surface area contributed by atoms with Crippen molar-refractivity contribution in [3.8, 4) is 5.75 Å². The van der Waals surface area contributed by atoms with Crippen LogP contribution in [0.4, 0.5) is 0 Å². The Morgan fingerprint density at radius 3 is 2.70 bits per heavy atom. The third kappa shape index (κ3) is 2.90. The average Bonchev–Trinajstić information content (AvgIpc) is 2.86. The topological polar surface area (TPSA) is 44.1 Å². The number of benzene rings is 1. The molecule has 0 aliphatic heterocycles. The minimum atomic E-state index is -0.0496. The Balaban J connectivity index is 2.35. The summed E-state index contributed by atoms with van der Waals surface area (Å²) in [5.41, 5.74) is 2.10. The summed E-state index contributed by atoms with van der Waals surface area (Å²) in [4.78, 5) is 12.6. The molecule has 2 aromatic rings. The van der Waals surface area contributed by atoms with Crippen LogP contribution in [0.5, 0.6) is 5.75 Å². The molecule has 2 rings (SSSR count). The number of ketones is 1. The molecule has 0 saturated heterocycles. The summed E-state index contributed by atoms with van der Waals surface area (Å²) in [5.74, 6) is 0.588. The number of ether oxygens (including phenoxy) is 1. The first kappa shape index (κ1) is 14.3. The normalized spacial score (nSPS) is 10.6. The smallest absolute Gasteiger partial charge is 0.214 e. The molecule has 0 aliphatic rings. The molecule has 0 bridgehead atoms. The summed E-state index contributed by atoms with van der Waals surface area (Å²) in [7, 11) is 1.79. The van der Waals surface area contributed by atoms with Crippen molar-refractivity contribution >= 4 is 5.78 Å². The number of nitrogens with zero attached hydrogens (tertiary/aromatic N) is 2. The number of hydrogen-bond donors (Lipinski definition) is 0. The number of hydrogen-bond acceptors (Lipinski definition) is 3. The molecule has 0 saturated carbocycles. The van der Waals surface area contributed by atoms with Crippen molar-refractivity contribution in [2.75, 3.05) is 6.61 Å². The summed E-state index contributed by atoms with van der Waals surface area (Å²) in [6.07, 6.45) is 1.73. The van der Waals surface area contributed by atoms with E-state index in [9.17, 15) is 4.79 Å². The van der Waals surface area contributed by atoms with Crippen LogP contribution >= 0.6 is 0 Å². The van der Waals surface area contributed by atoms with Crippen molar-refractivity contribution in [2.45, 2.75) is 26.7 Å². The molecule has 0 N–H and O–H groups in total. The molecule has 0 aliphatic carbocycles. The summed E-state index contributed by atoms with van der Waals surface area (Å²) < 4.78 is 7.29. The van der Waals surface area contributed by atoms with Crippen LogP contribution in [0.2, 0.25) is 0 Å². The van der Waals surface area contributed by atoms with Gasteiger partial charge in [-0.1, -0.05) is 26.0 Å². The van der Waals surface area contributed by atoms with E-state index in [0.29, 0.717) is 23.6 Å². The third-order valence-electron chi connectivity index (χ3n) is 3.12. The standard InChI is InChI=1S/C16H20N2O2/c1-4-10-20-15-9-7-6-8-13(15)16(19)14-11-12(5-2)17-18(14)3/h6-9,11H,4-5,10H2,1-3H3. The lowest BCUT2D eigenvalue weighted by molar-refractivity contribution is 0.102. The first-order valence-corrected chi connectivity index (χ1v) is 6.96. The van der Waals surface area contributed by atoms with Crippen molar-refractivity contribution in [1.29, 1.82) is 0 Å². The monoisotopic (exact) mass is 272 g/mol. The van der Waals surface area contributed by atoms with Gasteiger partial charge in [0.15, 0.2) is 0 Å². The highest BCUT2D eigenvalue weighted by Gasteiger charge is 2.18. The van der Waals surface area contributed by atoms with E-state index < -0.39 is 0 Å². The zero-order chi connectivity index (χ0) is 14.5. The van der Waals surface area contributed by atoms with E-state index in [2.05, 4.69) is 5.10 Å². The van der Waals surface area contributed by atoms with Crippen LogP contribution in [0.1, 0.15) is 42.0 Å². The lowest BCUT2D eigenvalue weighted by atomic mass is 10.1. The molecule has 1 aromatic heterocycles. The van der Waals surface area contributed by atoms with Gasteiger partial charge in [0, 0.05) is 7.05 Å². The lowest BCUT2D eigenvalue weighted by Crippen LogP contribution is -2.10. The van der Waals surface area contributed by atoms with Gasteiger partial charge in [0.2, 0.25) is 5.78 Å². The molecule has 0 unspecified atom stereocenters. The van der Waals surface area contributed by atoms with Crippen LogP contribution in [-0.4, -0.2) is 22.2 Å². The van der Waals surface area contributed by atoms with Gasteiger partial charge in [0.25, 0.3) is 0 Å². The zero-order valence-corrected chi connectivity index (χ0v) is 12.2. The van der Waals surface area contributed by atoms with Crippen molar-refractivity contribution in [3.63, 3.8) is 0 Å². The van der Waals surface area contributed by atoms with Gasteiger partial charge in [-0.05, 0) is 31.0 Å². The minimum Gasteiger partial charge on any atom is -0.493 e. The maximum Gasteiger partial charge on any atom is 0.214 e. The van der Waals surface area contributed by atoms with Crippen LogP contribution in [0.3, 0.4) is 0 Å². The Kier molecular flexibility index (Phi) is 4.56. The number of para-hydroxylation sites is 1. The summed E-state index contributed by atoms with van der Waals surface area (Å²) >= 11 is 0. The first-order chi connectivity index (χ1) is 9.67. The van der Waals surface area contributed by atoms with Crippen LogP contribution in [0.25, 0.3) is 0 Å². The van der Waals surface area contributed by atoms with Crippen molar-refractivity contribution in [1.82, 2.24) is 9.78 Å². The largest absolute Gasteiger partial charge is 0.493 e. The van der Waals surface area contributed by atoms with Crippen LogP contribution in [0, 0.1) is 0 Å². The van der Waals surface area contributed by atoms with Crippen molar-refractivity contribution < 1.29 is 9.53 Å². The fraction of sp³-hybridized carbons (Fsp3) is 0.375. The summed E-state index contributed by atoms with van der Waals surface area (Å²) in [6, 6.07) is 9.20. The Morgan fingerprint density at radius 1 is 1.30 bits per heavy atom. The van der Waals surface area contributed by atoms with Crippen molar-refractivity contribution in [2.24, 2.45) is 7.05 Å². The van der Waals surface area contributed by atoms with E-state index in [0.717, 1.165) is 18.5 Å². The molecule has 0 amide bonds. The van der Waals surface area contributed by atoms with Gasteiger partial charge in [-0.2, -0.15) is 5.10 Å². The second-order valence-corrected chi connectivity index (χ2v) is 4.67. The number of rotatable bonds is 6. The van der Waals surface area contributed by atoms with Crippen LogP contribution < -0.4 is 4.74 Å². The Labute approximate surface area is 119 Å². The van der Waals surface area contributed by atoms with Gasteiger partial charge in [-0.15, -0.1) is 0 Å². The van der Waals surface area contributed by atoms with E-state index >= 15 is 0 Å². The molecular weight excluding hydrogens is 252 g/mol. The van der Waals surface area contributed by atoms with E-state index in [1.54, 1.807) is 17.8 Å². The second kappa shape index (κ2) is 6.37. The van der Waals surface area contributed by atoms with Gasteiger partial charge < -0.3 is 4.74 Å². The first-order valence-electron chi connectivity index (χ1n) is 6.96. The highest BCUT2D eigenvalue weighted by atomic mass is 16.5. The molecule has 20 heavy (non-hydrogen) atoms. The van der Waals surface area contributed by atoms with Gasteiger partial charge in [-0.3, -0.25) is 9.48 Å². The highest BCUT2D eigenvalue weighted by molar-refractivity contribution is 6.09. The Hall–Kier alpha value is -2.10. The molecule has 4 heteroatoms. The number of carbonyl (C=O) groups excluding carboxylic acids is 1. The van der Waals surface area contributed by atoms with Gasteiger partial charge >= 0.3 is 0 Å². The molecule has 0 radical (unpaired) electrons. The predicted molar refractivity (Wildman–Crippen MR) is 78.2 cm³/mol. The molecule has 0 fully saturated rings. The molecule has 0 atom stereocenters. The van der Waals surface area contributed by atoms with Gasteiger partial charge in [0.1, 0.15) is 11.4 Å². The van der Waals surface area contributed by atoms with E-state index in [-0.39, 0.29) is 5.78 Å². The highest BCUT2D eigenvalue weighted by Crippen LogP contribution is 2.22. The van der Waals surface area contributed by atoms with Crippen molar-refractivity contribution in [3.05, 3.63) is 47.3 Å². The third-order valence-corrected chi connectivity index (χ3v) is 3.12. The van der Waals surface area contributed by atoms with Crippen LogP contribution in [-0.2, 0) is 13.5 Å². The number of aromatic nitrogens is 2. The van der Waals surface area contributed by atoms with E-state index in [1.807, 2.05) is 38.1 Å². The molecule has 1 heterocycles.